The Morgan fingerprint density at radius 1 is 0.300 bits per heavy atom. The van der Waals surface area contributed by atoms with Crippen LogP contribution < -0.4 is 0 Å². The molecule has 0 saturated heterocycles. The molecule has 5 heteroatoms. The molecule has 0 bridgehead atoms. The Morgan fingerprint density at radius 3 is 0.767 bits per heavy atom. The predicted molar refractivity (Wildman–Crippen MR) is 119 cm³/mol. The largest absolute Gasteiger partial charge is 0.265 e. The van der Waals surface area contributed by atoms with E-state index in [1.165, 1.54) is 0 Å². The first-order valence-corrected chi connectivity index (χ1v) is 9.43. The second kappa shape index (κ2) is 12.3. The highest BCUT2D eigenvalue weighted by atomic mass is 14.8. The zero-order valence-corrected chi connectivity index (χ0v) is 16.4. The number of rotatable bonds is 2. The third kappa shape index (κ3) is 7.05. The van der Waals surface area contributed by atoms with Crippen molar-refractivity contribution in [2.45, 2.75) is 0 Å². The van der Waals surface area contributed by atoms with Crippen molar-refractivity contribution >= 4 is 0 Å². The van der Waals surface area contributed by atoms with Crippen LogP contribution in [0.1, 0.15) is 0 Å². The Bertz CT molecular complexity index is 882. The van der Waals surface area contributed by atoms with E-state index in [0.717, 1.165) is 22.8 Å². The minimum Gasteiger partial charge on any atom is -0.265 e. The van der Waals surface area contributed by atoms with Gasteiger partial charge in [-0.15, -0.1) is 0 Å². The van der Waals surface area contributed by atoms with E-state index in [0.29, 0.717) is 0 Å². The zero-order chi connectivity index (χ0) is 20.7. The van der Waals surface area contributed by atoms with Gasteiger partial charge in [-0.05, 0) is 60.7 Å². The summed E-state index contributed by atoms with van der Waals surface area (Å²) in [7, 11) is 0. The Kier molecular flexibility index (Phi) is 8.37. The third-order valence-electron chi connectivity index (χ3n) is 3.75. The van der Waals surface area contributed by atoms with Gasteiger partial charge in [-0.2, -0.15) is 0 Å². The van der Waals surface area contributed by atoms with Crippen LogP contribution in [0.25, 0.3) is 22.8 Å². The van der Waals surface area contributed by atoms with Gasteiger partial charge in [-0.3, -0.25) is 24.9 Å². The maximum absolute atomic E-state index is 4.19. The lowest BCUT2D eigenvalue weighted by molar-refractivity contribution is 1.25. The molecule has 5 aromatic rings. The summed E-state index contributed by atoms with van der Waals surface area (Å²) in [6.45, 7) is 0. The van der Waals surface area contributed by atoms with Crippen molar-refractivity contribution in [3.8, 4) is 22.8 Å². The summed E-state index contributed by atoms with van der Waals surface area (Å²) in [5.41, 5.74) is 3.66. The van der Waals surface area contributed by atoms with Crippen LogP contribution >= 0.6 is 0 Å². The van der Waals surface area contributed by atoms with E-state index in [4.69, 9.17) is 0 Å². The predicted octanol–water partition coefficient (Wildman–Crippen LogP) is 5.37. The van der Waals surface area contributed by atoms with Gasteiger partial charge in [0.1, 0.15) is 0 Å². The van der Waals surface area contributed by atoms with Gasteiger partial charge >= 0.3 is 0 Å². The van der Waals surface area contributed by atoms with Gasteiger partial charge in [0, 0.05) is 37.2 Å². The standard InChI is InChI=1S/2C10H8N2.C5H5N/c2*1-3-7-11-9(5-1)10-6-2-4-8-12-10;1-2-4-6-5-3-1/h2*1-8H;1-5H. The van der Waals surface area contributed by atoms with Gasteiger partial charge in [-0.1, -0.05) is 30.3 Å². The molecule has 0 radical (unpaired) electrons. The molecule has 0 N–H and O–H groups in total. The van der Waals surface area contributed by atoms with Crippen molar-refractivity contribution in [1.82, 2.24) is 24.9 Å². The van der Waals surface area contributed by atoms with Crippen molar-refractivity contribution < 1.29 is 0 Å². The summed E-state index contributed by atoms with van der Waals surface area (Å²) in [6, 6.07) is 28.9. The fourth-order valence-corrected chi connectivity index (χ4v) is 2.37. The minimum atomic E-state index is 0.915. The molecule has 0 aliphatic rings. The Hall–Kier alpha value is -4.25. The van der Waals surface area contributed by atoms with Crippen LogP contribution in [0.3, 0.4) is 0 Å². The Labute approximate surface area is 176 Å². The normalized spacial score (nSPS) is 9.33. The van der Waals surface area contributed by atoms with Crippen LogP contribution in [0, 0.1) is 0 Å². The first-order valence-electron chi connectivity index (χ1n) is 9.43. The van der Waals surface area contributed by atoms with Gasteiger partial charge in [0.15, 0.2) is 0 Å². The van der Waals surface area contributed by atoms with Crippen LogP contribution in [-0.4, -0.2) is 24.9 Å². The van der Waals surface area contributed by atoms with Gasteiger partial charge in [-0.25, -0.2) is 0 Å². The summed E-state index contributed by atoms with van der Waals surface area (Å²) >= 11 is 0. The second-order valence-corrected chi connectivity index (χ2v) is 5.88. The number of hydrogen-bond acceptors (Lipinski definition) is 5. The van der Waals surface area contributed by atoms with Crippen molar-refractivity contribution in [2.24, 2.45) is 0 Å². The molecule has 0 aliphatic carbocycles. The molecule has 0 aromatic carbocycles. The summed E-state index contributed by atoms with van der Waals surface area (Å²) in [5.74, 6) is 0. The first-order chi connectivity index (χ1) is 14.9. The quantitative estimate of drug-likeness (QED) is 0.405. The number of nitrogens with zero attached hydrogens (tertiary/aromatic N) is 5. The molecular formula is C25H21N5. The molecule has 0 aliphatic heterocycles. The molecule has 30 heavy (non-hydrogen) atoms. The molecule has 5 nitrogen and oxygen atoms in total. The molecular weight excluding hydrogens is 370 g/mol. The lowest BCUT2D eigenvalue weighted by Gasteiger charge is -1.96. The number of pyridine rings is 5. The molecule has 5 rings (SSSR count). The Morgan fingerprint density at radius 2 is 0.600 bits per heavy atom. The topological polar surface area (TPSA) is 64.5 Å². The van der Waals surface area contributed by atoms with E-state index in [1.54, 1.807) is 37.2 Å². The molecule has 0 saturated carbocycles. The molecule has 146 valence electrons. The van der Waals surface area contributed by atoms with Gasteiger partial charge in [0.25, 0.3) is 0 Å². The fraction of sp³-hybridized carbons (Fsp3) is 0. The van der Waals surface area contributed by atoms with E-state index in [2.05, 4.69) is 24.9 Å². The van der Waals surface area contributed by atoms with Gasteiger partial charge in [0.2, 0.25) is 0 Å². The zero-order valence-electron chi connectivity index (χ0n) is 16.4. The van der Waals surface area contributed by atoms with Crippen molar-refractivity contribution in [2.75, 3.05) is 0 Å². The van der Waals surface area contributed by atoms with E-state index < -0.39 is 0 Å². The van der Waals surface area contributed by atoms with Crippen molar-refractivity contribution in [3.63, 3.8) is 0 Å². The highest BCUT2D eigenvalue weighted by Crippen LogP contribution is 2.11. The third-order valence-corrected chi connectivity index (χ3v) is 3.75. The molecule has 0 atom stereocenters. The van der Waals surface area contributed by atoms with Crippen molar-refractivity contribution in [1.29, 1.82) is 0 Å². The minimum absolute atomic E-state index is 0.915. The van der Waals surface area contributed by atoms with E-state index >= 15 is 0 Å². The van der Waals surface area contributed by atoms with E-state index in [-0.39, 0.29) is 0 Å². The summed E-state index contributed by atoms with van der Waals surface area (Å²) in [5, 5.41) is 0. The van der Waals surface area contributed by atoms with Crippen LogP contribution in [0.15, 0.2) is 128 Å². The average molecular weight is 391 g/mol. The smallest absolute Gasteiger partial charge is 0.0886 e. The molecule has 0 amide bonds. The van der Waals surface area contributed by atoms with E-state index in [1.807, 2.05) is 91.0 Å². The SMILES string of the molecule is c1ccc(-c2ccccn2)nc1.c1ccc(-c2ccccn2)nc1.c1ccncc1. The monoisotopic (exact) mass is 391 g/mol. The summed E-state index contributed by atoms with van der Waals surface area (Å²) in [4.78, 5) is 20.5. The second-order valence-electron chi connectivity index (χ2n) is 5.88. The highest BCUT2D eigenvalue weighted by molar-refractivity contribution is 5.53. The molecule has 0 unspecified atom stereocenters. The van der Waals surface area contributed by atoms with Crippen LogP contribution in [0.2, 0.25) is 0 Å². The van der Waals surface area contributed by atoms with Crippen molar-refractivity contribution in [3.05, 3.63) is 128 Å². The Balaban J connectivity index is 0.000000136. The number of hydrogen-bond donors (Lipinski definition) is 0. The summed E-state index contributed by atoms with van der Waals surface area (Å²) in [6.07, 6.45) is 10.6. The lowest BCUT2D eigenvalue weighted by Crippen LogP contribution is -1.83. The fourth-order valence-electron chi connectivity index (χ4n) is 2.37. The van der Waals surface area contributed by atoms with Crippen LogP contribution in [-0.2, 0) is 0 Å². The molecule has 5 aromatic heterocycles. The lowest BCUT2D eigenvalue weighted by atomic mass is 10.2. The number of aromatic nitrogens is 5. The highest BCUT2D eigenvalue weighted by Gasteiger charge is 1.96. The molecule has 0 fully saturated rings. The van der Waals surface area contributed by atoms with Gasteiger partial charge < -0.3 is 0 Å². The van der Waals surface area contributed by atoms with Crippen LogP contribution in [0.4, 0.5) is 0 Å². The molecule has 0 spiro atoms. The van der Waals surface area contributed by atoms with E-state index in [9.17, 15) is 0 Å². The average Bonchev–Trinajstić information content (AvgIpc) is 2.88. The summed E-state index contributed by atoms with van der Waals surface area (Å²) < 4.78 is 0. The van der Waals surface area contributed by atoms with Gasteiger partial charge in [0.05, 0.1) is 22.8 Å². The first kappa shape index (κ1) is 20.5. The maximum Gasteiger partial charge on any atom is 0.0886 e. The van der Waals surface area contributed by atoms with Crippen LogP contribution in [0.5, 0.6) is 0 Å². The maximum atomic E-state index is 4.19. The molecule has 5 heterocycles.